The molecule has 1 aromatic heterocycles. The van der Waals surface area contributed by atoms with Gasteiger partial charge in [0.15, 0.2) is 0 Å². The van der Waals surface area contributed by atoms with E-state index in [9.17, 15) is 4.79 Å². The molecule has 10 heavy (non-hydrogen) atoms. The molecule has 4 nitrogen and oxygen atoms in total. The van der Waals surface area contributed by atoms with Crippen molar-refractivity contribution in [2.75, 3.05) is 0 Å². The molecule has 4 heteroatoms. The van der Waals surface area contributed by atoms with Gasteiger partial charge in [0.25, 0.3) is 0 Å². The van der Waals surface area contributed by atoms with Gasteiger partial charge in [-0.2, -0.15) is 0 Å². The van der Waals surface area contributed by atoms with Crippen LogP contribution in [0.3, 0.4) is 0 Å². The van der Waals surface area contributed by atoms with Gasteiger partial charge in [-0.25, -0.2) is 4.98 Å². The zero-order valence-electron chi connectivity index (χ0n) is 5.61. The number of carboxylic acids is 1. The fourth-order valence-electron chi connectivity index (χ4n) is 0.713. The molecule has 0 aliphatic heterocycles. The van der Waals surface area contributed by atoms with Crippen LogP contribution in [-0.4, -0.2) is 20.6 Å². The lowest BCUT2D eigenvalue weighted by atomic mass is 11.3. The predicted molar refractivity (Wildman–Crippen MR) is 34.5 cm³/mol. The van der Waals surface area contributed by atoms with Crippen LogP contribution < -0.4 is 0 Å². The van der Waals surface area contributed by atoms with Gasteiger partial charge in [-0.1, -0.05) is 0 Å². The van der Waals surface area contributed by atoms with E-state index in [2.05, 4.69) is 4.98 Å². The lowest BCUT2D eigenvalue weighted by Crippen LogP contribution is -1.99. The molecule has 54 valence electrons. The molecule has 0 fully saturated rings. The van der Waals surface area contributed by atoms with Gasteiger partial charge in [0.1, 0.15) is 0 Å². The Kier molecular flexibility index (Phi) is 1.71. The van der Waals surface area contributed by atoms with Crippen LogP contribution in [-0.2, 0) is 18.3 Å². The van der Waals surface area contributed by atoms with Gasteiger partial charge in [-0.3, -0.25) is 4.79 Å². The number of carbonyl (C=O) groups is 1. The van der Waals surface area contributed by atoms with Crippen LogP contribution in [0.2, 0.25) is 0 Å². The Morgan fingerprint density at radius 2 is 2.60 bits per heavy atom. The van der Waals surface area contributed by atoms with Crippen LogP contribution in [0.25, 0.3) is 0 Å². The summed E-state index contributed by atoms with van der Waals surface area (Å²) in [6.07, 6.45) is 3.27. The van der Waals surface area contributed by atoms with Crippen molar-refractivity contribution in [3.63, 3.8) is 0 Å². The minimum atomic E-state index is -0.848. The summed E-state index contributed by atoms with van der Waals surface area (Å²) in [5.41, 5.74) is 0.593. The van der Waals surface area contributed by atoms with Crippen molar-refractivity contribution >= 4 is 5.97 Å². The highest BCUT2D eigenvalue weighted by Crippen LogP contribution is 1.94. The van der Waals surface area contributed by atoms with E-state index in [1.807, 2.05) is 0 Å². The van der Waals surface area contributed by atoms with E-state index < -0.39 is 5.97 Å². The maximum Gasteiger partial charge on any atom is 0.309 e. The van der Waals surface area contributed by atoms with Crippen LogP contribution in [0.1, 0.15) is 5.69 Å². The van der Waals surface area contributed by atoms with E-state index >= 15 is 0 Å². The highest BCUT2D eigenvalue weighted by atomic mass is 16.5. The molecule has 1 heterocycles. The number of nitrogens with zero attached hydrogens (tertiary/aromatic N) is 2. The zero-order chi connectivity index (χ0) is 7.56. The molecule has 1 N–H and O–H groups in total. The Hall–Kier alpha value is -1.32. The Morgan fingerprint density at radius 3 is 3.00 bits per heavy atom. The summed E-state index contributed by atoms with van der Waals surface area (Å²) >= 11 is 0. The van der Waals surface area contributed by atoms with Gasteiger partial charge >= 0.3 is 5.97 Å². The van der Waals surface area contributed by atoms with E-state index in [4.69, 9.17) is 5.11 Å². The molecule has 0 aliphatic carbocycles. The molecule has 0 aromatic carbocycles. The second-order valence-electron chi connectivity index (χ2n) is 2.10. The first-order valence-electron chi connectivity index (χ1n) is 2.87. The van der Waals surface area contributed by atoms with E-state index in [0.717, 1.165) is 0 Å². The fourth-order valence-corrected chi connectivity index (χ4v) is 0.713. The Balaban J connectivity index is 2.67. The quantitative estimate of drug-likeness (QED) is 0.598. The molecule has 0 atom stereocenters. The second-order valence-corrected chi connectivity index (χ2v) is 2.10. The first-order chi connectivity index (χ1) is 4.68. The third-order valence-electron chi connectivity index (χ3n) is 1.09. The molecule has 0 saturated carbocycles. The number of aryl methyl sites for hydroxylation is 1. The predicted octanol–water partition coefficient (Wildman–Crippen LogP) is 0.0472. The number of rotatable bonds is 2. The maximum atomic E-state index is 10.1. The number of imidazole rings is 1. The summed E-state index contributed by atoms with van der Waals surface area (Å²) in [4.78, 5) is 14.0. The highest BCUT2D eigenvalue weighted by Gasteiger charge is 2.01. The first kappa shape index (κ1) is 6.80. The molecule has 0 saturated heterocycles. The van der Waals surface area contributed by atoms with Crippen molar-refractivity contribution in [2.24, 2.45) is 7.05 Å². The molecule has 0 radical (unpaired) electrons. The van der Waals surface area contributed by atoms with Gasteiger partial charge in [-0.05, 0) is 0 Å². The molecular weight excluding hydrogens is 137 g/mol. The Morgan fingerprint density at radius 1 is 1.90 bits per heavy atom. The summed E-state index contributed by atoms with van der Waals surface area (Å²) in [5, 5.41) is 8.33. The molecule has 0 amide bonds. The third-order valence-corrected chi connectivity index (χ3v) is 1.09. The zero-order valence-corrected chi connectivity index (χ0v) is 5.61. The van der Waals surface area contributed by atoms with E-state index in [1.165, 1.54) is 0 Å². The number of carboxylic acid groups (broad SMARTS) is 1. The lowest BCUT2D eigenvalue weighted by Gasteiger charge is -1.85. The van der Waals surface area contributed by atoms with E-state index in [1.54, 1.807) is 24.1 Å². The average Bonchev–Trinajstić information content (AvgIpc) is 2.13. The average molecular weight is 145 g/mol. The first-order valence-corrected chi connectivity index (χ1v) is 2.87. The second kappa shape index (κ2) is 2.51. The van der Waals surface area contributed by atoms with Gasteiger partial charge in [0.2, 0.25) is 0 Å². The summed E-state index contributed by atoms with van der Waals surface area (Å²) < 4.78 is 1.72. The van der Waals surface area contributed by atoms with Crippen molar-refractivity contribution in [2.45, 2.75) is 6.42 Å². The van der Waals surface area contributed by atoms with Crippen LogP contribution in [0.5, 0.6) is 0 Å². The monoisotopic (exact) mass is 145 g/mol. The van der Waals surface area contributed by atoms with E-state index in [0.29, 0.717) is 5.69 Å². The topological polar surface area (TPSA) is 55.1 Å². The van der Waals surface area contributed by atoms with Gasteiger partial charge in [0, 0.05) is 13.2 Å². The molecule has 0 spiro atoms. The van der Waals surface area contributed by atoms with Crippen molar-refractivity contribution < 1.29 is 9.90 Å². The molecule has 0 unspecified atom stereocenters. The normalized spacial score (nSPS) is 9.70. The SMILES string of the molecule is Cn1[13cH]n[13c]([13CH2][13C](=O)O)[13cH]1. The van der Waals surface area contributed by atoms with Gasteiger partial charge in [0.05, 0.1) is 18.4 Å². The Labute approximate surface area is 58.1 Å². The molecule has 0 aliphatic rings. The number of aromatic nitrogens is 2. The van der Waals surface area contributed by atoms with Crippen LogP contribution in [0.15, 0.2) is 12.5 Å². The van der Waals surface area contributed by atoms with Crippen LogP contribution in [0.4, 0.5) is 0 Å². The molecule has 0 bridgehead atoms. The van der Waals surface area contributed by atoms with Crippen molar-refractivity contribution in [3.05, 3.63) is 18.2 Å². The minimum Gasteiger partial charge on any atom is -0.481 e. The molecule has 1 aromatic rings. The van der Waals surface area contributed by atoms with Crippen molar-refractivity contribution in [3.8, 4) is 0 Å². The minimum absolute atomic E-state index is 0.000833. The number of hydrogen-bond acceptors (Lipinski definition) is 2. The van der Waals surface area contributed by atoms with Crippen molar-refractivity contribution in [1.29, 1.82) is 0 Å². The summed E-state index contributed by atoms with van der Waals surface area (Å²) in [6.45, 7) is 0. The largest absolute Gasteiger partial charge is 0.481 e. The van der Waals surface area contributed by atoms with E-state index in [-0.39, 0.29) is 6.42 Å². The van der Waals surface area contributed by atoms with Gasteiger partial charge in [-0.15, -0.1) is 0 Å². The number of hydrogen-bond donors (Lipinski definition) is 1. The summed E-state index contributed by atoms with van der Waals surface area (Å²) in [7, 11) is 1.80. The molecular formula is C6H8N2O2. The van der Waals surface area contributed by atoms with Crippen LogP contribution in [0, 0.1) is 0 Å². The maximum absolute atomic E-state index is 10.1. The fraction of sp³-hybridized carbons (Fsp3) is 0.333. The Bertz CT molecular complexity index is 242. The third kappa shape index (κ3) is 1.58. The standard InChI is InChI=1S/C6H8N2O2/c1-8-3-5(7-4-8)2-6(9)10/h3-4H,2H2,1H3,(H,9,10)/i2+1,3+1,4+1,5+1,6+1. The van der Waals surface area contributed by atoms with Crippen LogP contribution >= 0.6 is 0 Å². The summed E-state index contributed by atoms with van der Waals surface area (Å²) in [6, 6.07) is 0. The molecule has 1 rings (SSSR count). The smallest absolute Gasteiger partial charge is 0.309 e. The number of aliphatic carboxylic acids is 1. The summed E-state index contributed by atoms with van der Waals surface area (Å²) in [5.74, 6) is -0.848. The van der Waals surface area contributed by atoms with Crippen molar-refractivity contribution in [1.82, 2.24) is 9.55 Å². The lowest BCUT2D eigenvalue weighted by molar-refractivity contribution is -0.136. The highest BCUT2D eigenvalue weighted by molar-refractivity contribution is 5.69. The van der Waals surface area contributed by atoms with Gasteiger partial charge < -0.3 is 9.67 Å².